The second-order valence-electron chi connectivity index (χ2n) is 3.59. The summed E-state index contributed by atoms with van der Waals surface area (Å²) in [6.07, 6.45) is 1.81. The highest BCUT2D eigenvalue weighted by atomic mass is 35.5. The number of carboxylic acids is 1. The molecule has 1 aromatic rings. The predicted octanol–water partition coefficient (Wildman–Crippen LogP) is 4.10. The van der Waals surface area contributed by atoms with E-state index in [9.17, 15) is 4.79 Å². The molecule has 1 rings (SSSR count). The molecule has 1 atom stereocenters. The van der Waals surface area contributed by atoms with Gasteiger partial charge < -0.3 is 5.11 Å². The van der Waals surface area contributed by atoms with Crippen molar-refractivity contribution in [2.45, 2.75) is 26.2 Å². The first-order chi connectivity index (χ1) is 6.99. The highest BCUT2D eigenvalue weighted by Crippen LogP contribution is 2.32. The number of hydrogen-bond donors (Lipinski definition) is 1. The summed E-state index contributed by atoms with van der Waals surface area (Å²) in [5.74, 6) is -0.589. The van der Waals surface area contributed by atoms with Crippen molar-refractivity contribution in [3.05, 3.63) is 20.3 Å². The highest BCUT2D eigenvalue weighted by molar-refractivity contribution is 7.20. The molecular formula is C10H12Cl2O2S. The van der Waals surface area contributed by atoms with E-state index in [4.69, 9.17) is 28.3 Å². The lowest BCUT2D eigenvalue weighted by molar-refractivity contribution is -0.138. The zero-order valence-corrected chi connectivity index (χ0v) is 10.6. The van der Waals surface area contributed by atoms with Gasteiger partial charge in [0.25, 0.3) is 0 Å². The number of halogens is 2. The molecule has 1 unspecified atom stereocenters. The van der Waals surface area contributed by atoms with Gasteiger partial charge in [-0.2, -0.15) is 0 Å². The average molecular weight is 267 g/mol. The van der Waals surface area contributed by atoms with E-state index in [-0.39, 0.29) is 12.3 Å². The number of aliphatic carboxylic acids is 1. The fourth-order valence-electron chi connectivity index (χ4n) is 1.35. The number of rotatable bonds is 5. The molecule has 0 amide bonds. The molecule has 84 valence electrons. The van der Waals surface area contributed by atoms with Crippen molar-refractivity contribution in [1.29, 1.82) is 0 Å². The maximum atomic E-state index is 10.4. The third kappa shape index (κ3) is 4.41. The topological polar surface area (TPSA) is 37.3 Å². The molecule has 0 aliphatic rings. The summed E-state index contributed by atoms with van der Waals surface area (Å²) in [7, 11) is 0. The Morgan fingerprint density at radius 2 is 2.27 bits per heavy atom. The molecule has 0 aromatic carbocycles. The predicted molar refractivity (Wildman–Crippen MR) is 64.1 cm³/mol. The first-order valence-electron chi connectivity index (χ1n) is 4.64. The maximum absolute atomic E-state index is 10.4. The summed E-state index contributed by atoms with van der Waals surface area (Å²) >= 11 is 13.1. The molecule has 0 spiro atoms. The summed E-state index contributed by atoms with van der Waals surface area (Å²) in [6, 6.07) is 1.85. The molecule has 1 aromatic heterocycles. The monoisotopic (exact) mass is 266 g/mol. The van der Waals surface area contributed by atoms with Crippen LogP contribution in [0.4, 0.5) is 0 Å². The van der Waals surface area contributed by atoms with Crippen molar-refractivity contribution in [2.24, 2.45) is 5.92 Å². The SMILES string of the molecule is CC(CCc1cc(Cl)sc1Cl)CC(=O)O. The quantitative estimate of drug-likeness (QED) is 0.872. The van der Waals surface area contributed by atoms with Gasteiger partial charge >= 0.3 is 5.97 Å². The lowest BCUT2D eigenvalue weighted by atomic mass is 10.00. The first kappa shape index (κ1) is 12.8. The van der Waals surface area contributed by atoms with Crippen LogP contribution >= 0.6 is 34.5 Å². The van der Waals surface area contributed by atoms with Crippen molar-refractivity contribution >= 4 is 40.5 Å². The van der Waals surface area contributed by atoms with Gasteiger partial charge in [-0.15, -0.1) is 11.3 Å². The molecule has 2 nitrogen and oxygen atoms in total. The second kappa shape index (κ2) is 5.73. The molecule has 0 aliphatic carbocycles. The van der Waals surface area contributed by atoms with Gasteiger partial charge in [0, 0.05) is 6.42 Å². The second-order valence-corrected chi connectivity index (χ2v) is 5.88. The Bertz CT molecular complexity index is 349. The first-order valence-corrected chi connectivity index (χ1v) is 6.21. The van der Waals surface area contributed by atoms with Crippen LogP contribution in [0.2, 0.25) is 8.67 Å². The molecule has 15 heavy (non-hydrogen) atoms. The summed E-state index contributed by atoms with van der Waals surface area (Å²) in [5.41, 5.74) is 1.02. The average Bonchev–Trinajstić information content (AvgIpc) is 2.40. The van der Waals surface area contributed by atoms with Crippen LogP contribution in [0.3, 0.4) is 0 Å². The Labute approximate surface area is 103 Å². The van der Waals surface area contributed by atoms with Gasteiger partial charge in [0.2, 0.25) is 0 Å². The molecule has 0 aliphatic heterocycles. The highest BCUT2D eigenvalue weighted by Gasteiger charge is 2.10. The normalized spacial score (nSPS) is 12.7. The van der Waals surface area contributed by atoms with Gasteiger partial charge in [-0.3, -0.25) is 4.79 Å². The van der Waals surface area contributed by atoms with E-state index in [2.05, 4.69) is 0 Å². The fourth-order valence-corrected chi connectivity index (χ4v) is 2.89. The van der Waals surface area contributed by atoms with E-state index in [1.54, 1.807) is 0 Å². The number of carboxylic acid groups (broad SMARTS) is 1. The number of thiophene rings is 1. The Kier molecular flexibility index (Phi) is 4.90. The van der Waals surface area contributed by atoms with E-state index >= 15 is 0 Å². The van der Waals surface area contributed by atoms with Crippen LogP contribution in [0, 0.1) is 5.92 Å². The Hall–Kier alpha value is -0.250. The summed E-state index contributed by atoms with van der Waals surface area (Å²) in [6.45, 7) is 1.93. The molecular weight excluding hydrogens is 255 g/mol. The van der Waals surface area contributed by atoms with Crippen LogP contribution in [0.5, 0.6) is 0 Å². The molecule has 0 saturated heterocycles. The van der Waals surface area contributed by atoms with Gasteiger partial charge in [-0.1, -0.05) is 30.1 Å². The van der Waals surface area contributed by atoms with Crippen molar-refractivity contribution < 1.29 is 9.90 Å². The Balaban J connectivity index is 2.43. The van der Waals surface area contributed by atoms with Crippen LogP contribution in [0.1, 0.15) is 25.3 Å². The molecule has 1 heterocycles. The minimum absolute atomic E-state index is 0.164. The van der Waals surface area contributed by atoms with Crippen molar-refractivity contribution in [3.8, 4) is 0 Å². The van der Waals surface area contributed by atoms with Crippen LogP contribution in [0.15, 0.2) is 6.07 Å². The van der Waals surface area contributed by atoms with Crippen LogP contribution < -0.4 is 0 Å². The fraction of sp³-hybridized carbons (Fsp3) is 0.500. The summed E-state index contributed by atoms with van der Waals surface area (Å²) in [5, 5.41) is 8.59. The molecule has 0 radical (unpaired) electrons. The standard InChI is InChI=1S/C10H12Cl2O2S/c1-6(4-9(13)14)2-3-7-5-8(11)15-10(7)12/h5-6H,2-4H2,1H3,(H,13,14). The molecule has 1 N–H and O–H groups in total. The zero-order valence-electron chi connectivity index (χ0n) is 8.30. The lowest BCUT2D eigenvalue weighted by Gasteiger charge is -2.07. The zero-order chi connectivity index (χ0) is 11.4. The third-order valence-electron chi connectivity index (χ3n) is 2.16. The lowest BCUT2D eigenvalue weighted by Crippen LogP contribution is -2.05. The third-order valence-corrected chi connectivity index (χ3v) is 3.73. The van der Waals surface area contributed by atoms with E-state index in [0.717, 1.165) is 18.4 Å². The van der Waals surface area contributed by atoms with Crippen LogP contribution in [0.25, 0.3) is 0 Å². The Morgan fingerprint density at radius 3 is 2.73 bits per heavy atom. The van der Waals surface area contributed by atoms with Crippen LogP contribution in [-0.4, -0.2) is 11.1 Å². The number of hydrogen-bond acceptors (Lipinski definition) is 2. The minimum Gasteiger partial charge on any atom is -0.481 e. The van der Waals surface area contributed by atoms with Gasteiger partial charge in [0.15, 0.2) is 0 Å². The number of aryl methyl sites for hydroxylation is 1. The van der Waals surface area contributed by atoms with Gasteiger partial charge in [-0.25, -0.2) is 0 Å². The van der Waals surface area contributed by atoms with E-state index < -0.39 is 5.97 Å². The van der Waals surface area contributed by atoms with Gasteiger partial charge in [0.05, 0.1) is 8.67 Å². The molecule has 0 fully saturated rings. The van der Waals surface area contributed by atoms with Crippen molar-refractivity contribution in [3.63, 3.8) is 0 Å². The summed E-state index contributed by atoms with van der Waals surface area (Å²) in [4.78, 5) is 10.4. The van der Waals surface area contributed by atoms with E-state index in [0.29, 0.717) is 8.67 Å². The maximum Gasteiger partial charge on any atom is 0.303 e. The van der Waals surface area contributed by atoms with E-state index in [1.165, 1.54) is 11.3 Å². The summed E-state index contributed by atoms with van der Waals surface area (Å²) < 4.78 is 1.39. The Morgan fingerprint density at radius 1 is 1.60 bits per heavy atom. The smallest absolute Gasteiger partial charge is 0.303 e. The minimum atomic E-state index is -0.753. The van der Waals surface area contributed by atoms with Gasteiger partial charge in [-0.05, 0) is 30.4 Å². The van der Waals surface area contributed by atoms with Crippen molar-refractivity contribution in [2.75, 3.05) is 0 Å². The number of carbonyl (C=O) groups is 1. The molecule has 5 heteroatoms. The van der Waals surface area contributed by atoms with Crippen LogP contribution in [-0.2, 0) is 11.2 Å². The van der Waals surface area contributed by atoms with Gasteiger partial charge in [0.1, 0.15) is 0 Å². The largest absolute Gasteiger partial charge is 0.481 e. The molecule has 0 saturated carbocycles. The molecule has 0 bridgehead atoms. The van der Waals surface area contributed by atoms with E-state index in [1.807, 2.05) is 13.0 Å². The van der Waals surface area contributed by atoms with Crippen molar-refractivity contribution in [1.82, 2.24) is 0 Å².